The minimum atomic E-state index is 0.00465. The maximum atomic E-state index is 10.8. The zero-order valence-electron chi connectivity index (χ0n) is 12.1. The summed E-state index contributed by atoms with van der Waals surface area (Å²) in [6, 6.07) is 8.21. The lowest BCUT2D eigenvalue weighted by Crippen LogP contribution is -2.30. The second-order valence-corrected chi connectivity index (χ2v) is 4.83. The molecule has 0 aliphatic rings. The molecule has 1 aromatic heterocycles. The monoisotopic (exact) mass is 274 g/mol. The smallest absolute Gasteiger partial charge is 0.216 e. The second-order valence-electron chi connectivity index (χ2n) is 4.83. The maximum Gasteiger partial charge on any atom is 0.216 e. The number of nitrogens with one attached hydrogen (secondary N) is 2. The van der Waals surface area contributed by atoms with Crippen molar-refractivity contribution in [3.63, 3.8) is 0 Å². The van der Waals surface area contributed by atoms with E-state index in [0.29, 0.717) is 13.1 Å². The van der Waals surface area contributed by atoms with Gasteiger partial charge in [-0.25, -0.2) is 4.98 Å². The van der Waals surface area contributed by atoms with E-state index in [1.165, 1.54) is 12.4 Å². The van der Waals surface area contributed by atoms with Crippen molar-refractivity contribution < 1.29 is 4.79 Å². The number of nitrogens with zero attached hydrogens (tertiary/aromatic N) is 2. The van der Waals surface area contributed by atoms with Gasteiger partial charge < -0.3 is 15.2 Å². The van der Waals surface area contributed by atoms with Crippen LogP contribution in [0.4, 0.5) is 0 Å². The molecule has 1 heterocycles. The number of carbonyl (C=O) groups excluding carboxylic acids is 1. The molecule has 2 N–H and O–H groups in total. The summed E-state index contributed by atoms with van der Waals surface area (Å²) in [6.07, 6.45) is 1.08. The van der Waals surface area contributed by atoms with Crippen LogP contribution in [0.3, 0.4) is 0 Å². The van der Waals surface area contributed by atoms with Crippen LogP contribution in [0.15, 0.2) is 24.3 Å². The highest BCUT2D eigenvalue weighted by atomic mass is 16.1. The fourth-order valence-electron chi connectivity index (χ4n) is 2.26. The van der Waals surface area contributed by atoms with Crippen molar-refractivity contribution in [2.75, 3.05) is 13.1 Å². The highest BCUT2D eigenvalue weighted by Crippen LogP contribution is 2.16. The van der Waals surface area contributed by atoms with Crippen molar-refractivity contribution in [2.45, 2.75) is 33.4 Å². The summed E-state index contributed by atoms with van der Waals surface area (Å²) < 4.78 is 2.26. The Bertz CT molecular complexity index is 576. The normalized spacial score (nSPS) is 10.9. The quantitative estimate of drug-likeness (QED) is 0.755. The fourth-order valence-corrected chi connectivity index (χ4v) is 2.26. The Morgan fingerprint density at radius 1 is 1.30 bits per heavy atom. The van der Waals surface area contributed by atoms with Gasteiger partial charge in [-0.05, 0) is 18.6 Å². The molecular weight excluding hydrogens is 252 g/mol. The molecule has 0 saturated carbocycles. The number of hydrogen-bond acceptors (Lipinski definition) is 3. The Balaban J connectivity index is 2.01. The van der Waals surface area contributed by atoms with Crippen molar-refractivity contribution in [1.82, 2.24) is 20.2 Å². The molecule has 1 amide bonds. The lowest BCUT2D eigenvalue weighted by Gasteiger charge is -2.09. The van der Waals surface area contributed by atoms with Gasteiger partial charge in [0.05, 0.1) is 17.6 Å². The standard InChI is InChI=1S/C15H22N4O/c1-3-10-19-14-7-5-4-6-13(14)18-15(19)11-16-8-9-17-12(2)20/h4-7,16H,3,8-11H2,1-2H3,(H,17,20). The first kappa shape index (κ1) is 14.5. The van der Waals surface area contributed by atoms with Crippen molar-refractivity contribution in [2.24, 2.45) is 0 Å². The van der Waals surface area contributed by atoms with E-state index >= 15 is 0 Å². The van der Waals surface area contributed by atoms with Crippen LogP contribution in [0.25, 0.3) is 11.0 Å². The number of aromatic nitrogens is 2. The number of carbonyl (C=O) groups is 1. The van der Waals surface area contributed by atoms with Crippen molar-refractivity contribution in [3.05, 3.63) is 30.1 Å². The van der Waals surface area contributed by atoms with E-state index in [4.69, 9.17) is 0 Å². The first-order valence-corrected chi connectivity index (χ1v) is 7.11. The Morgan fingerprint density at radius 3 is 2.85 bits per heavy atom. The largest absolute Gasteiger partial charge is 0.355 e. The van der Waals surface area contributed by atoms with E-state index in [-0.39, 0.29) is 5.91 Å². The van der Waals surface area contributed by atoms with E-state index < -0.39 is 0 Å². The Labute approximate surface area is 119 Å². The van der Waals surface area contributed by atoms with Crippen molar-refractivity contribution >= 4 is 16.9 Å². The van der Waals surface area contributed by atoms with Gasteiger partial charge in [0.15, 0.2) is 0 Å². The van der Waals surface area contributed by atoms with Crippen LogP contribution in [0.5, 0.6) is 0 Å². The van der Waals surface area contributed by atoms with Gasteiger partial charge in [0.2, 0.25) is 5.91 Å². The molecule has 0 saturated heterocycles. The predicted octanol–water partition coefficient (Wildman–Crippen LogP) is 1.67. The van der Waals surface area contributed by atoms with Gasteiger partial charge >= 0.3 is 0 Å². The highest BCUT2D eigenvalue weighted by molar-refractivity contribution is 5.75. The van der Waals surface area contributed by atoms with Crippen molar-refractivity contribution in [1.29, 1.82) is 0 Å². The summed E-state index contributed by atoms with van der Waals surface area (Å²) in [7, 11) is 0. The maximum absolute atomic E-state index is 10.8. The van der Waals surface area contributed by atoms with Crippen LogP contribution in [-0.4, -0.2) is 28.5 Å². The van der Waals surface area contributed by atoms with Crippen LogP contribution in [-0.2, 0) is 17.9 Å². The van der Waals surface area contributed by atoms with Gasteiger partial charge in [0, 0.05) is 26.6 Å². The topological polar surface area (TPSA) is 59.0 Å². The molecule has 0 unspecified atom stereocenters. The van der Waals surface area contributed by atoms with Crippen molar-refractivity contribution in [3.8, 4) is 0 Å². The molecule has 0 aliphatic heterocycles. The SMILES string of the molecule is CCCn1c(CNCCNC(C)=O)nc2ccccc21. The molecule has 0 aliphatic carbocycles. The highest BCUT2D eigenvalue weighted by Gasteiger charge is 2.08. The molecule has 2 rings (SSSR count). The van der Waals surface area contributed by atoms with E-state index in [1.807, 2.05) is 18.2 Å². The molecule has 1 aromatic carbocycles. The zero-order chi connectivity index (χ0) is 14.4. The second kappa shape index (κ2) is 7.05. The molecular formula is C15H22N4O. The number of imidazole rings is 1. The molecule has 0 radical (unpaired) electrons. The van der Waals surface area contributed by atoms with Gasteiger partial charge in [-0.3, -0.25) is 4.79 Å². The number of para-hydroxylation sites is 2. The minimum absolute atomic E-state index is 0.00465. The van der Waals surface area contributed by atoms with E-state index in [1.54, 1.807) is 0 Å². The van der Waals surface area contributed by atoms with Crippen LogP contribution >= 0.6 is 0 Å². The van der Waals surface area contributed by atoms with Crippen LogP contribution in [0.1, 0.15) is 26.1 Å². The Morgan fingerprint density at radius 2 is 2.10 bits per heavy atom. The van der Waals surface area contributed by atoms with Gasteiger partial charge in [-0.2, -0.15) is 0 Å². The molecule has 0 fully saturated rings. The third-order valence-corrected chi connectivity index (χ3v) is 3.14. The van der Waals surface area contributed by atoms with E-state index in [2.05, 4.69) is 33.2 Å². The number of aryl methyl sites for hydroxylation is 1. The Kier molecular flexibility index (Phi) is 5.12. The summed E-state index contributed by atoms with van der Waals surface area (Å²) in [5.74, 6) is 1.06. The van der Waals surface area contributed by atoms with Gasteiger partial charge in [0.25, 0.3) is 0 Å². The molecule has 0 spiro atoms. The average Bonchev–Trinajstić information content (AvgIpc) is 2.77. The number of benzene rings is 1. The molecule has 108 valence electrons. The first-order chi connectivity index (χ1) is 9.72. The van der Waals surface area contributed by atoms with Crippen LogP contribution < -0.4 is 10.6 Å². The minimum Gasteiger partial charge on any atom is -0.355 e. The first-order valence-electron chi connectivity index (χ1n) is 7.11. The van der Waals surface area contributed by atoms with Gasteiger partial charge in [-0.15, -0.1) is 0 Å². The summed E-state index contributed by atoms with van der Waals surface area (Å²) >= 11 is 0. The Hall–Kier alpha value is -1.88. The molecule has 20 heavy (non-hydrogen) atoms. The number of fused-ring (bicyclic) bond motifs is 1. The molecule has 0 atom stereocenters. The third-order valence-electron chi connectivity index (χ3n) is 3.14. The summed E-state index contributed by atoms with van der Waals surface area (Å²) in [5, 5.41) is 6.09. The van der Waals surface area contributed by atoms with E-state index in [9.17, 15) is 4.79 Å². The van der Waals surface area contributed by atoms with Gasteiger partial charge in [-0.1, -0.05) is 19.1 Å². The zero-order valence-corrected chi connectivity index (χ0v) is 12.1. The molecule has 0 bridgehead atoms. The van der Waals surface area contributed by atoms with E-state index in [0.717, 1.165) is 30.9 Å². The number of amides is 1. The fraction of sp³-hybridized carbons (Fsp3) is 0.467. The lowest BCUT2D eigenvalue weighted by atomic mass is 10.3. The summed E-state index contributed by atoms with van der Waals surface area (Å²) in [6.45, 7) is 6.78. The molecule has 5 heteroatoms. The number of hydrogen-bond donors (Lipinski definition) is 2. The summed E-state index contributed by atoms with van der Waals surface area (Å²) in [4.78, 5) is 15.5. The molecule has 2 aromatic rings. The summed E-state index contributed by atoms with van der Waals surface area (Å²) in [5.41, 5.74) is 2.23. The lowest BCUT2D eigenvalue weighted by molar-refractivity contribution is -0.118. The number of rotatable bonds is 7. The third kappa shape index (κ3) is 3.57. The van der Waals surface area contributed by atoms with Crippen LogP contribution in [0, 0.1) is 0 Å². The average molecular weight is 274 g/mol. The predicted molar refractivity (Wildman–Crippen MR) is 80.4 cm³/mol. The van der Waals surface area contributed by atoms with Gasteiger partial charge in [0.1, 0.15) is 5.82 Å². The van der Waals surface area contributed by atoms with Crippen LogP contribution in [0.2, 0.25) is 0 Å². The molecule has 5 nitrogen and oxygen atoms in total.